The molecule has 2 heterocycles. The maximum absolute atomic E-state index is 12.1. The van der Waals surface area contributed by atoms with Crippen LogP contribution in [0.2, 0.25) is 0 Å². The zero-order valence-corrected chi connectivity index (χ0v) is 15.8. The number of hydrogen-bond donors (Lipinski definition) is 1. The summed E-state index contributed by atoms with van der Waals surface area (Å²) in [6.45, 7) is 7.37. The molecule has 0 radical (unpaired) electrons. The molecule has 5 aliphatic rings. The third kappa shape index (κ3) is 2.10. The lowest BCUT2D eigenvalue weighted by Crippen LogP contribution is -2.56. The molecule has 25 heavy (non-hydrogen) atoms. The number of nitrogens with one attached hydrogen (secondary N) is 1. The number of ether oxygens (including phenoxy) is 2. The molecule has 2 aliphatic heterocycles. The molecular weight excluding hydrogens is 314 g/mol. The van der Waals surface area contributed by atoms with Gasteiger partial charge in [0.05, 0.1) is 13.2 Å². The summed E-state index contributed by atoms with van der Waals surface area (Å²) in [5, 5.41) is 3.14. The van der Waals surface area contributed by atoms with Crippen LogP contribution < -0.4 is 5.32 Å². The molecule has 0 aromatic heterocycles. The molecule has 0 bridgehead atoms. The average molecular weight is 347 g/mol. The van der Waals surface area contributed by atoms with E-state index in [-0.39, 0.29) is 17.1 Å². The molecule has 0 unspecified atom stereocenters. The molecular formula is C21H33NO3. The minimum atomic E-state index is -0.290. The molecule has 1 N–H and O–H groups in total. The zero-order chi connectivity index (χ0) is 17.3. The molecule has 3 aliphatic carbocycles. The number of rotatable bonds is 0. The van der Waals surface area contributed by atoms with Crippen LogP contribution in [0.3, 0.4) is 0 Å². The van der Waals surface area contributed by atoms with Gasteiger partial charge >= 0.3 is 0 Å². The van der Waals surface area contributed by atoms with Gasteiger partial charge in [0.2, 0.25) is 5.91 Å². The standard InChI is InChI=1S/C21H33NO3/c1-19-9-10-22-18(23)13-14(19)3-4-15-16(19)5-7-20(2)17(15)6-8-21(20)24-11-12-25-21/h14-17H,3-13H2,1-2H3,(H,22,23)/t14-,15+,16-,17-,19-,20-/m0/s1. The third-order valence-corrected chi connectivity index (χ3v) is 9.28. The first kappa shape index (κ1) is 16.6. The highest BCUT2D eigenvalue weighted by Gasteiger charge is 2.67. The van der Waals surface area contributed by atoms with Crippen molar-refractivity contribution in [1.29, 1.82) is 0 Å². The van der Waals surface area contributed by atoms with Gasteiger partial charge in [-0.3, -0.25) is 4.79 Å². The second-order valence-electron chi connectivity index (χ2n) is 9.91. The van der Waals surface area contributed by atoms with E-state index in [2.05, 4.69) is 19.2 Å². The van der Waals surface area contributed by atoms with Crippen LogP contribution in [0.5, 0.6) is 0 Å². The van der Waals surface area contributed by atoms with Crippen molar-refractivity contribution in [2.75, 3.05) is 19.8 Å². The van der Waals surface area contributed by atoms with Crippen LogP contribution in [-0.2, 0) is 14.3 Å². The highest BCUT2D eigenvalue weighted by atomic mass is 16.7. The normalized spacial score (nSPS) is 51.4. The maximum atomic E-state index is 12.1. The van der Waals surface area contributed by atoms with Crippen molar-refractivity contribution in [3.05, 3.63) is 0 Å². The van der Waals surface area contributed by atoms with Crippen molar-refractivity contribution in [3.63, 3.8) is 0 Å². The second-order valence-corrected chi connectivity index (χ2v) is 9.91. The van der Waals surface area contributed by atoms with Crippen LogP contribution in [0.4, 0.5) is 0 Å². The van der Waals surface area contributed by atoms with E-state index in [1.807, 2.05) is 0 Å². The van der Waals surface area contributed by atoms with Gasteiger partial charge in [-0.05, 0) is 67.6 Å². The zero-order valence-electron chi connectivity index (χ0n) is 15.8. The smallest absolute Gasteiger partial charge is 0.220 e. The topological polar surface area (TPSA) is 47.6 Å². The molecule has 5 rings (SSSR count). The van der Waals surface area contributed by atoms with Crippen LogP contribution in [0.25, 0.3) is 0 Å². The van der Waals surface area contributed by atoms with Crippen LogP contribution >= 0.6 is 0 Å². The highest BCUT2D eigenvalue weighted by molar-refractivity contribution is 5.76. The Morgan fingerprint density at radius 3 is 2.52 bits per heavy atom. The predicted octanol–water partition coefficient (Wildman–Crippen LogP) is 3.50. The Morgan fingerprint density at radius 2 is 1.72 bits per heavy atom. The van der Waals surface area contributed by atoms with Gasteiger partial charge in [0.1, 0.15) is 0 Å². The Hall–Kier alpha value is -0.610. The third-order valence-electron chi connectivity index (χ3n) is 9.28. The van der Waals surface area contributed by atoms with Crippen LogP contribution in [0.15, 0.2) is 0 Å². The molecule has 4 nitrogen and oxygen atoms in total. The number of fused-ring (bicyclic) bond motifs is 6. The van der Waals surface area contributed by atoms with E-state index >= 15 is 0 Å². The fourth-order valence-electron chi connectivity index (χ4n) is 7.91. The van der Waals surface area contributed by atoms with Crippen molar-refractivity contribution < 1.29 is 14.3 Å². The van der Waals surface area contributed by atoms with E-state index in [0.29, 0.717) is 11.3 Å². The molecule has 4 heteroatoms. The minimum absolute atomic E-state index is 0.187. The van der Waals surface area contributed by atoms with Gasteiger partial charge in [0, 0.05) is 24.8 Å². The summed E-state index contributed by atoms with van der Waals surface area (Å²) in [7, 11) is 0. The van der Waals surface area contributed by atoms with Gasteiger partial charge in [0.25, 0.3) is 0 Å². The summed E-state index contributed by atoms with van der Waals surface area (Å²) < 4.78 is 12.5. The van der Waals surface area contributed by atoms with E-state index < -0.39 is 0 Å². The van der Waals surface area contributed by atoms with Crippen LogP contribution in [-0.4, -0.2) is 31.5 Å². The van der Waals surface area contributed by atoms with E-state index in [9.17, 15) is 4.79 Å². The summed E-state index contributed by atoms with van der Waals surface area (Å²) in [6, 6.07) is 0. The molecule has 3 saturated carbocycles. The lowest BCUT2D eigenvalue weighted by atomic mass is 9.46. The maximum Gasteiger partial charge on any atom is 0.220 e. The van der Waals surface area contributed by atoms with E-state index in [1.54, 1.807) is 0 Å². The Balaban J connectivity index is 1.46. The van der Waals surface area contributed by atoms with Crippen molar-refractivity contribution >= 4 is 5.91 Å². The monoisotopic (exact) mass is 347 g/mol. The molecule has 1 amide bonds. The molecule has 6 atom stereocenters. The van der Waals surface area contributed by atoms with Gasteiger partial charge in [-0.2, -0.15) is 0 Å². The van der Waals surface area contributed by atoms with Crippen LogP contribution in [0.1, 0.15) is 65.2 Å². The summed E-state index contributed by atoms with van der Waals surface area (Å²) in [4.78, 5) is 12.1. The molecule has 0 aromatic rings. The SMILES string of the molecule is C[C@]12CCNC(=O)C[C@@H]1CC[C@@H]1[C@@H]2CC[C@@]2(C)[C@H]1CCC21OCCO1. The number of amides is 1. The van der Waals surface area contributed by atoms with Gasteiger partial charge in [0.15, 0.2) is 5.79 Å². The molecule has 0 aromatic carbocycles. The van der Waals surface area contributed by atoms with Gasteiger partial charge in [-0.25, -0.2) is 0 Å². The minimum Gasteiger partial charge on any atom is -0.356 e. The fraction of sp³-hybridized carbons (Fsp3) is 0.952. The molecule has 1 spiro atoms. The van der Waals surface area contributed by atoms with Crippen LogP contribution in [0, 0.1) is 34.5 Å². The lowest BCUT2D eigenvalue weighted by Gasteiger charge is -2.59. The first-order valence-corrected chi connectivity index (χ1v) is 10.5. The first-order valence-electron chi connectivity index (χ1n) is 10.5. The lowest BCUT2D eigenvalue weighted by molar-refractivity contribution is -0.246. The van der Waals surface area contributed by atoms with Crippen molar-refractivity contribution in [2.45, 2.75) is 71.0 Å². The summed E-state index contributed by atoms with van der Waals surface area (Å²) in [5.41, 5.74) is 0.517. The van der Waals surface area contributed by atoms with Crippen molar-refractivity contribution in [3.8, 4) is 0 Å². The number of carbonyl (C=O) groups is 1. The number of carbonyl (C=O) groups excluding carboxylic acids is 1. The Morgan fingerprint density at radius 1 is 0.960 bits per heavy atom. The molecule has 140 valence electrons. The largest absolute Gasteiger partial charge is 0.356 e. The van der Waals surface area contributed by atoms with E-state index in [0.717, 1.165) is 56.8 Å². The number of hydrogen-bond acceptors (Lipinski definition) is 3. The summed E-state index contributed by atoms with van der Waals surface area (Å²) in [5.74, 6) is 2.86. The molecule has 5 fully saturated rings. The fourth-order valence-corrected chi connectivity index (χ4v) is 7.91. The second kappa shape index (κ2) is 5.45. The Kier molecular flexibility index (Phi) is 3.61. The highest BCUT2D eigenvalue weighted by Crippen LogP contribution is 2.68. The first-order chi connectivity index (χ1) is 12.0. The molecule has 2 saturated heterocycles. The quantitative estimate of drug-likeness (QED) is 0.729. The Bertz CT molecular complexity index is 571. The van der Waals surface area contributed by atoms with Gasteiger partial charge in [-0.15, -0.1) is 0 Å². The summed E-state index contributed by atoms with van der Waals surface area (Å²) >= 11 is 0. The average Bonchev–Trinajstić information content (AvgIpc) is 3.13. The van der Waals surface area contributed by atoms with Gasteiger partial charge < -0.3 is 14.8 Å². The van der Waals surface area contributed by atoms with E-state index in [1.165, 1.54) is 32.1 Å². The predicted molar refractivity (Wildman–Crippen MR) is 94.8 cm³/mol. The summed E-state index contributed by atoms with van der Waals surface area (Å²) in [6.07, 6.45) is 9.29. The van der Waals surface area contributed by atoms with Crippen molar-refractivity contribution in [2.24, 2.45) is 34.5 Å². The van der Waals surface area contributed by atoms with Crippen molar-refractivity contribution in [1.82, 2.24) is 5.32 Å². The Labute approximate surface area is 151 Å². The van der Waals surface area contributed by atoms with Gasteiger partial charge in [-0.1, -0.05) is 13.8 Å². The van der Waals surface area contributed by atoms with E-state index in [4.69, 9.17) is 9.47 Å².